The fourth-order valence-electron chi connectivity index (χ4n) is 7.05. The van der Waals surface area contributed by atoms with Gasteiger partial charge in [-0.1, -0.05) is 0 Å². The average molecular weight is 426 g/mol. The maximum Gasteiger partial charge on any atom is 0.251 e. The second-order valence-corrected chi connectivity index (χ2v) is 10.3. The molecule has 31 heavy (non-hydrogen) atoms. The zero-order valence-electron chi connectivity index (χ0n) is 18.6. The van der Waals surface area contributed by atoms with Crippen LogP contribution in [0.15, 0.2) is 24.3 Å². The lowest BCUT2D eigenvalue weighted by Gasteiger charge is -2.57. The Morgan fingerprint density at radius 3 is 2.10 bits per heavy atom. The third-order valence-corrected chi connectivity index (χ3v) is 8.22. The number of nitrogens with one attached hydrogen (secondary N) is 1. The molecule has 4 bridgehead atoms. The lowest BCUT2D eigenvalue weighted by atomic mass is 9.49. The van der Waals surface area contributed by atoms with Crippen LogP contribution in [0.2, 0.25) is 0 Å². The van der Waals surface area contributed by atoms with Gasteiger partial charge in [-0.05, 0) is 80.5 Å². The van der Waals surface area contributed by atoms with E-state index in [2.05, 4.69) is 15.1 Å². The zero-order valence-corrected chi connectivity index (χ0v) is 18.6. The van der Waals surface area contributed by atoms with Crippen molar-refractivity contribution in [2.75, 3.05) is 46.4 Å². The average Bonchev–Trinajstić information content (AvgIpc) is 2.78. The summed E-state index contributed by atoms with van der Waals surface area (Å²) < 4.78 is 5.14. The Labute approximate surface area is 185 Å². The van der Waals surface area contributed by atoms with Gasteiger partial charge >= 0.3 is 0 Å². The highest BCUT2D eigenvalue weighted by Crippen LogP contribution is 2.60. The Hall–Kier alpha value is -2.08. The van der Waals surface area contributed by atoms with Crippen LogP contribution in [-0.4, -0.2) is 68.0 Å². The summed E-state index contributed by atoms with van der Waals surface area (Å²) in [5.41, 5.74) is 0.621. The summed E-state index contributed by atoms with van der Waals surface area (Å²) in [5, 5.41) is 3.00. The van der Waals surface area contributed by atoms with E-state index >= 15 is 0 Å². The van der Waals surface area contributed by atoms with Gasteiger partial charge in [0.2, 0.25) is 5.91 Å². The second kappa shape index (κ2) is 8.45. The summed E-state index contributed by atoms with van der Waals surface area (Å²) in [5.74, 6) is 3.58. The van der Waals surface area contributed by atoms with Crippen LogP contribution in [-0.2, 0) is 4.79 Å². The van der Waals surface area contributed by atoms with Gasteiger partial charge in [-0.25, -0.2) is 0 Å². The number of hydrogen-bond donors (Lipinski definition) is 1. The fourth-order valence-corrected chi connectivity index (χ4v) is 7.05. The van der Waals surface area contributed by atoms with Gasteiger partial charge < -0.3 is 15.0 Å². The monoisotopic (exact) mass is 425 g/mol. The molecule has 0 unspecified atom stereocenters. The van der Waals surface area contributed by atoms with Crippen LogP contribution in [0.4, 0.5) is 0 Å². The van der Waals surface area contributed by atoms with Crippen LogP contribution >= 0.6 is 0 Å². The first-order chi connectivity index (χ1) is 15.0. The Balaban J connectivity index is 1.07. The van der Waals surface area contributed by atoms with Gasteiger partial charge in [-0.15, -0.1) is 0 Å². The van der Waals surface area contributed by atoms with Crippen LogP contribution in [0.5, 0.6) is 5.75 Å². The van der Waals surface area contributed by atoms with E-state index in [0.29, 0.717) is 18.0 Å². The number of carbonyl (C=O) groups excluding carboxylic acids is 2. The molecule has 168 valence electrons. The van der Waals surface area contributed by atoms with Gasteiger partial charge in [-0.3, -0.25) is 14.5 Å². The van der Waals surface area contributed by atoms with Crippen molar-refractivity contribution in [3.05, 3.63) is 29.8 Å². The first kappa shape index (κ1) is 20.8. The van der Waals surface area contributed by atoms with Crippen LogP contribution in [0.3, 0.4) is 0 Å². The number of ether oxygens (including phenoxy) is 1. The number of benzene rings is 1. The van der Waals surface area contributed by atoms with Crippen molar-refractivity contribution in [3.8, 4) is 5.75 Å². The van der Waals surface area contributed by atoms with Crippen LogP contribution in [0.25, 0.3) is 0 Å². The molecule has 6 nitrogen and oxygen atoms in total. The first-order valence-corrected chi connectivity index (χ1v) is 12.0. The summed E-state index contributed by atoms with van der Waals surface area (Å²) >= 11 is 0. The van der Waals surface area contributed by atoms with Gasteiger partial charge in [0.15, 0.2) is 0 Å². The van der Waals surface area contributed by atoms with Gasteiger partial charge in [0.05, 0.1) is 12.5 Å². The number of hydrogen-bond acceptors (Lipinski definition) is 4. The maximum absolute atomic E-state index is 13.5. The molecule has 1 saturated heterocycles. The lowest BCUT2D eigenvalue weighted by molar-refractivity contribution is -0.159. The van der Waals surface area contributed by atoms with Gasteiger partial charge in [-0.2, -0.15) is 0 Å². The predicted octanol–water partition coefficient (Wildman–Crippen LogP) is 2.79. The summed E-state index contributed by atoms with van der Waals surface area (Å²) in [6.07, 6.45) is 7.58. The highest BCUT2D eigenvalue weighted by Gasteiger charge is 2.55. The third-order valence-electron chi connectivity index (χ3n) is 8.22. The van der Waals surface area contributed by atoms with Crippen molar-refractivity contribution in [2.45, 2.75) is 38.5 Å². The Bertz CT molecular complexity index is 779. The van der Waals surface area contributed by atoms with E-state index in [1.54, 1.807) is 31.4 Å². The van der Waals surface area contributed by atoms with Crippen LogP contribution in [0.1, 0.15) is 48.9 Å². The van der Waals surface area contributed by atoms with Crippen molar-refractivity contribution in [3.63, 3.8) is 0 Å². The van der Waals surface area contributed by atoms with Crippen molar-refractivity contribution in [1.82, 2.24) is 15.1 Å². The van der Waals surface area contributed by atoms with Crippen molar-refractivity contribution < 1.29 is 14.3 Å². The van der Waals surface area contributed by atoms with Gasteiger partial charge in [0.25, 0.3) is 5.91 Å². The molecule has 5 fully saturated rings. The molecule has 1 heterocycles. The highest BCUT2D eigenvalue weighted by molar-refractivity contribution is 5.94. The minimum atomic E-state index is -0.0571. The SMILES string of the molecule is COc1ccc(C(=O)NCCN2CCN(C(=O)C34CC5CC(CC(C5)C3)C4)CC2)cc1. The second-order valence-electron chi connectivity index (χ2n) is 10.3. The normalized spacial score (nSPS) is 32.2. The van der Waals surface area contributed by atoms with Crippen LogP contribution < -0.4 is 10.1 Å². The van der Waals surface area contributed by atoms with Crippen molar-refractivity contribution >= 4 is 11.8 Å². The molecule has 0 atom stereocenters. The molecular formula is C25H35N3O3. The first-order valence-electron chi connectivity index (χ1n) is 12.0. The molecule has 4 aliphatic carbocycles. The summed E-state index contributed by atoms with van der Waals surface area (Å²) in [4.78, 5) is 30.3. The maximum atomic E-state index is 13.5. The third kappa shape index (κ3) is 4.19. The number of methoxy groups -OCH3 is 1. The molecule has 6 rings (SSSR count). The highest BCUT2D eigenvalue weighted by atomic mass is 16.5. The van der Waals surface area contributed by atoms with E-state index in [1.807, 2.05) is 0 Å². The van der Waals surface area contributed by atoms with Gasteiger partial charge in [0, 0.05) is 44.8 Å². The van der Waals surface area contributed by atoms with E-state index in [1.165, 1.54) is 19.3 Å². The molecule has 4 saturated carbocycles. The molecular weight excluding hydrogens is 390 g/mol. The van der Waals surface area contributed by atoms with Gasteiger partial charge in [0.1, 0.15) is 5.75 Å². The summed E-state index contributed by atoms with van der Waals surface area (Å²) in [6.45, 7) is 4.89. The molecule has 6 heteroatoms. The van der Waals surface area contributed by atoms with Crippen LogP contribution in [0, 0.1) is 23.2 Å². The smallest absolute Gasteiger partial charge is 0.251 e. The van der Waals surface area contributed by atoms with E-state index in [4.69, 9.17) is 4.74 Å². The van der Waals surface area contributed by atoms with E-state index < -0.39 is 0 Å². The minimum Gasteiger partial charge on any atom is -0.497 e. The van der Waals surface area contributed by atoms with Crippen molar-refractivity contribution in [2.24, 2.45) is 23.2 Å². The molecule has 0 aromatic heterocycles. The largest absolute Gasteiger partial charge is 0.497 e. The molecule has 1 aliphatic heterocycles. The Kier molecular flexibility index (Phi) is 5.67. The minimum absolute atomic E-state index is 0.0245. The molecule has 2 amide bonds. The Morgan fingerprint density at radius 1 is 0.968 bits per heavy atom. The predicted molar refractivity (Wildman–Crippen MR) is 119 cm³/mol. The molecule has 1 aromatic rings. The fraction of sp³-hybridized carbons (Fsp3) is 0.680. The lowest BCUT2D eigenvalue weighted by Crippen LogP contribution is -2.58. The molecule has 1 aromatic carbocycles. The number of amides is 2. The van der Waals surface area contributed by atoms with E-state index in [9.17, 15) is 9.59 Å². The number of rotatable bonds is 6. The number of piperazine rings is 1. The Morgan fingerprint density at radius 2 is 1.55 bits per heavy atom. The summed E-state index contributed by atoms with van der Waals surface area (Å²) in [7, 11) is 1.62. The molecule has 0 spiro atoms. The number of nitrogens with zero attached hydrogens (tertiary/aromatic N) is 2. The summed E-state index contributed by atoms with van der Waals surface area (Å²) in [6, 6.07) is 7.16. The molecule has 1 N–H and O–H groups in total. The zero-order chi connectivity index (χ0) is 21.4. The van der Waals surface area contributed by atoms with Crippen molar-refractivity contribution in [1.29, 1.82) is 0 Å². The molecule has 5 aliphatic rings. The quantitative estimate of drug-likeness (QED) is 0.761. The number of carbonyl (C=O) groups is 2. The van der Waals surface area contributed by atoms with E-state index in [0.717, 1.165) is 75.5 Å². The van der Waals surface area contributed by atoms with E-state index in [-0.39, 0.29) is 11.3 Å². The topological polar surface area (TPSA) is 61.9 Å². The standard InChI is InChI=1S/C25H35N3O3/c1-31-22-4-2-21(3-5-22)23(29)26-6-7-27-8-10-28(11-9-27)24(30)25-15-18-12-19(16-25)14-20(13-18)17-25/h2-5,18-20H,6-17H2,1H3,(H,26,29). The molecule has 0 radical (unpaired) electrons.